The Kier molecular flexibility index (Phi) is 4.14. The van der Waals surface area contributed by atoms with Crippen LogP contribution in [0.1, 0.15) is 23.9 Å². The molecule has 2 N–H and O–H groups in total. The number of anilines is 1. The van der Waals surface area contributed by atoms with E-state index in [4.69, 9.17) is 10.5 Å². The van der Waals surface area contributed by atoms with Gasteiger partial charge in [0.2, 0.25) is 0 Å². The zero-order valence-corrected chi connectivity index (χ0v) is 13.0. The summed E-state index contributed by atoms with van der Waals surface area (Å²) in [6.07, 6.45) is 0.895. The highest BCUT2D eigenvalue weighted by molar-refractivity contribution is 9.10. The molecule has 0 aliphatic carbocycles. The lowest BCUT2D eigenvalue weighted by atomic mass is 10.2. The molecule has 0 spiro atoms. The van der Waals surface area contributed by atoms with Gasteiger partial charge in [0.05, 0.1) is 15.9 Å². The van der Waals surface area contributed by atoms with Gasteiger partial charge in [-0.25, -0.2) is 0 Å². The summed E-state index contributed by atoms with van der Waals surface area (Å²) in [5.41, 5.74) is 9.63. The van der Waals surface area contributed by atoms with E-state index in [9.17, 15) is 0 Å². The lowest BCUT2D eigenvalue weighted by Gasteiger charge is -2.10. The van der Waals surface area contributed by atoms with Crippen LogP contribution < -0.4 is 10.5 Å². The van der Waals surface area contributed by atoms with Crippen molar-refractivity contribution in [3.8, 4) is 5.75 Å². The Balaban J connectivity index is 2.19. The van der Waals surface area contributed by atoms with Crippen molar-refractivity contribution in [3.05, 3.63) is 39.6 Å². The van der Waals surface area contributed by atoms with E-state index >= 15 is 0 Å². The number of hydrogen-bond donors (Lipinski definition) is 1. The maximum absolute atomic E-state index is 5.85. The van der Waals surface area contributed by atoms with Gasteiger partial charge in [-0.3, -0.25) is 4.68 Å². The van der Waals surface area contributed by atoms with Crippen molar-refractivity contribution in [2.75, 3.05) is 5.73 Å². The number of aromatic nitrogens is 2. The van der Waals surface area contributed by atoms with E-state index in [0.29, 0.717) is 12.3 Å². The smallest absolute Gasteiger partial charge is 0.131 e. The Labute approximate surface area is 121 Å². The molecular weight excluding hydrogens is 306 g/mol. The molecule has 1 aromatic carbocycles. The SMILES string of the molecule is CCc1nn(C)c(COc2cc(N)ccc2C)c1Br. The third kappa shape index (κ3) is 2.92. The van der Waals surface area contributed by atoms with Crippen molar-refractivity contribution in [2.45, 2.75) is 26.9 Å². The van der Waals surface area contributed by atoms with Gasteiger partial charge in [0.15, 0.2) is 0 Å². The first-order valence-electron chi connectivity index (χ1n) is 6.22. The summed E-state index contributed by atoms with van der Waals surface area (Å²) in [5.74, 6) is 0.811. The summed E-state index contributed by atoms with van der Waals surface area (Å²) in [6, 6.07) is 5.68. The van der Waals surface area contributed by atoms with Crippen LogP contribution in [0.5, 0.6) is 5.75 Å². The Morgan fingerprint density at radius 3 is 2.79 bits per heavy atom. The number of nitrogens with two attached hydrogens (primary N) is 1. The number of halogens is 1. The molecular formula is C14H18BrN3O. The molecule has 19 heavy (non-hydrogen) atoms. The summed E-state index contributed by atoms with van der Waals surface area (Å²) >= 11 is 3.58. The molecule has 1 heterocycles. The fraction of sp³-hybridized carbons (Fsp3) is 0.357. The van der Waals surface area contributed by atoms with Crippen molar-refractivity contribution < 1.29 is 4.74 Å². The van der Waals surface area contributed by atoms with E-state index in [0.717, 1.165) is 33.6 Å². The second-order valence-corrected chi connectivity index (χ2v) is 5.29. The molecule has 2 rings (SSSR count). The summed E-state index contributed by atoms with van der Waals surface area (Å²) in [5, 5.41) is 4.45. The van der Waals surface area contributed by atoms with Crippen LogP contribution in [0.3, 0.4) is 0 Å². The van der Waals surface area contributed by atoms with Crippen LogP contribution in [-0.4, -0.2) is 9.78 Å². The van der Waals surface area contributed by atoms with Crippen LogP contribution in [0.25, 0.3) is 0 Å². The van der Waals surface area contributed by atoms with E-state index in [2.05, 4.69) is 28.0 Å². The zero-order valence-electron chi connectivity index (χ0n) is 11.4. The quantitative estimate of drug-likeness (QED) is 0.879. The van der Waals surface area contributed by atoms with Crippen molar-refractivity contribution in [1.29, 1.82) is 0 Å². The average Bonchev–Trinajstić information content (AvgIpc) is 2.66. The Bertz CT molecular complexity index is 593. The van der Waals surface area contributed by atoms with Crippen molar-refractivity contribution in [1.82, 2.24) is 9.78 Å². The standard InChI is InChI=1S/C14H18BrN3O/c1-4-11-14(15)12(18(3)17-11)8-19-13-7-10(16)6-5-9(13)2/h5-7H,4,8,16H2,1-3H3. The van der Waals surface area contributed by atoms with Crippen LogP contribution in [0.15, 0.2) is 22.7 Å². The van der Waals surface area contributed by atoms with Gasteiger partial charge in [-0.2, -0.15) is 5.10 Å². The van der Waals surface area contributed by atoms with Gasteiger partial charge in [0, 0.05) is 18.8 Å². The molecule has 0 aliphatic rings. The molecule has 0 bridgehead atoms. The van der Waals surface area contributed by atoms with E-state index < -0.39 is 0 Å². The summed E-state index contributed by atoms with van der Waals surface area (Å²) in [4.78, 5) is 0. The number of hydrogen-bond acceptors (Lipinski definition) is 3. The predicted molar refractivity (Wildman–Crippen MR) is 80.2 cm³/mol. The number of nitrogen functional groups attached to an aromatic ring is 1. The molecule has 0 unspecified atom stereocenters. The lowest BCUT2D eigenvalue weighted by molar-refractivity contribution is 0.292. The summed E-state index contributed by atoms with van der Waals surface area (Å²) in [7, 11) is 1.93. The zero-order chi connectivity index (χ0) is 14.0. The number of aryl methyl sites for hydroxylation is 3. The molecule has 0 saturated carbocycles. The van der Waals surface area contributed by atoms with Crippen molar-refractivity contribution in [2.24, 2.45) is 7.05 Å². The normalized spacial score (nSPS) is 10.7. The molecule has 0 atom stereocenters. The molecule has 0 amide bonds. The first-order valence-corrected chi connectivity index (χ1v) is 7.01. The Hall–Kier alpha value is -1.49. The van der Waals surface area contributed by atoms with Gasteiger partial charge >= 0.3 is 0 Å². The number of benzene rings is 1. The van der Waals surface area contributed by atoms with Crippen molar-refractivity contribution >= 4 is 21.6 Å². The second kappa shape index (κ2) is 5.65. The Morgan fingerprint density at radius 2 is 2.16 bits per heavy atom. The fourth-order valence-electron chi connectivity index (χ4n) is 1.89. The molecule has 5 heteroatoms. The average molecular weight is 324 g/mol. The highest BCUT2D eigenvalue weighted by Crippen LogP contribution is 2.25. The molecule has 0 fully saturated rings. The summed E-state index contributed by atoms with van der Waals surface area (Å²) < 4.78 is 8.73. The first-order chi connectivity index (χ1) is 9.02. The van der Waals surface area contributed by atoms with Crippen LogP contribution in [0, 0.1) is 6.92 Å². The van der Waals surface area contributed by atoms with Gasteiger partial charge in [0.25, 0.3) is 0 Å². The third-order valence-electron chi connectivity index (χ3n) is 3.08. The van der Waals surface area contributed by atoms with Gasteiger partial charge < -0.3 is 10.5 Å². The van der Waals surface area contributed by atoms with Gasteiger partial charge in [-0.05, 0) is 40.9 Å². The largest absolute Gasteiger partial charge is 0.487 e. The van der Waals surface area contributed by atoms with Crippen LogP contribution in [0.4, 0.5) is 5.69 Å². The van der Waals surface area contributed by atoms with Gasteiger partial charge in [-0.1, -0.05) is 13.0 Å². The molecule has 4 nitrogen and oxygen atoms in total. The number of rotatable bonds is 4. The minimum absolute atomic E-state index is 0.467. The van der Waals surface area contributed by atoms with Crippen LogP contribution in [-0.2, 0) is 20.1 Å². The third-order valence-corrected chi connectivity index (χ3v) is 3.99. The second-order valence-electron chi connectivity index (χ2n) is 4.50. The molecule has 0 radical (unpaired) electrons. The van der Waals surface area contributed by atoms with Gasteiger partial charge in [0.1, 0.15) is 12.4 Å². The Morgan fingerprint density at radius 1 is 1.42 bits per heavy atom. The fourth-order valence-corrected chi connectivity index (χ4v) is 2.63. The maximum Gasteiger partial charge on any atom is 0.131 e. The van der Waals surface area contributed by atoms with Crippen molar-refractivity contribution in [3.63, 3.8) is 0 Å². The highest BCUT2D eigenvalue weighted by atomic mass is 79.9. The van der Waals surface area contributed by atoms with Crippen LogP contribution in [0.2, 0.25) is 0 Å². The molecule has 0 aliphatic heterocycles. The lowest BCUT2D eigenvalue weighted by Crippen LogP contribution is -2.04. The topological polar surface area (TPSA) is 53.1 Å². The van der Waals surface area contributed by atoms with Crippen LogP contribution >= 0.6 is 15.9 Å². The highest BCUT2D eigenvalue weighted by Gasteiger charge is 2.13. The molecule has 102 valence electrons. The molecule has 0 saturated heterocycles. The molecule has 1 aromatic heterocycles. The number of nitrogens with zero attached hydrogens (tertiary/aromatic N) is 2. The molecule has 2 aromatic rings. The van der Waals surface area contributed by atoms with Gasteiger partial charge in [-0.15, -0.1) is 0 Å². The maximum atomic E-state index is 5.85. The van der Waals surface area contributed by atoms with E-state index in [-0.39, 0.29) is 0 Å². The minimum atomic E-state index is 0.467. The predicted octanol–water partition coefficient (Wildman–Crippen LogP) is 3.21. The minimum Gasteiger partial charge on any atom is -0.487 e. The van der Waals surface area contributed by atoms with E-state index in [1.54, 1.807) is 0 Å². The monoisotopic (exact) mass is 323 g/mol. The van der Waals surface area contributed by atoms with E-state index in [1.807, 2.05) is 36.9 Å². The first kappa shape index (κ1) is 13.9. The number of ether oxygens (including phenoxy) is 1. The summed E-state index contributed by atoms with van der Waals surface area (Å²) in [6.45, 7) is 4.55. The van der Waals surface area contributed by atoms with E-state index in [1.165, 1.54) is 0 Å².